The molecule has 0 saturated carbocycles. The standard InChI is InChI=1S/C35H37N5O3/c1-23-37-34(43-39-23)32(22-25-12-14-27-8-4-6-10-30(27)20-25)40(2)35(42)31(38-33(41)28-15-17-36-18-16-28)21-24-11-13-26-7-3-5-9-29(26)19-24/h3-14,19-20,28,31-32,36H,15-18,21-22H2,1-2H3,(H,38,41). The van der Waals surface area contributed by atoms with E-state index in [9.17, 15) is 9.59 Å². The number of carbonyl (C=O) groups excluding carboxylic acids is 2. The highest BCUT2D eigenvalue weighted by Crippen LogP contribution is 2.27. The van der Waals surface area contributed by atoms with Gasteiger partial charge in [0.1, 0.15) is 12.1 Å². The first-order valence-electron chi connectivity index (χ1n) is 15.0. The third-order valence-corrected chi connectivity index (χ3v) is 8.46. The summed E-state index contributed by atoms with van der Waals surface area (Å²) in [6.45, 7) is 3.36. The summed E-state index contributed by atoms with van der Waals surface area (Å²) in [5, 5.41) is 15.0. The average molecular weight is 576 g/mol. The predicted octanol–water partition coefficient (Wildman–Crippen LogP) is 5.15. The largest absolute Gasteiger partial charge is 0.344 e. The fourth-order valence-corrected chi connectivity index (χ4v) is 6.00. The van der Waals surface area contributed by atoms with E-state index < -0.39 is 12.1 Å². The van der Waals surface area contributed by atoms with Crippen molar-refractivity contribution >= 4 is 33.4 Å². The van der Waals surface area contributed by atoms with Crippen LogP contribution in [0.4, 0.5) is 0 Å². The Balaban J connectivity index is 1.30. The Bertz CT molecular complexity index is 1740. The molecule has 2 heterocycles. The summed E-state index contributed by atoms with van der Waals surface area (Å²) in [7, 11) is 1.76. The van der Waals surface area contributed by atoms with Gasteiger partial charge >= 0.3 is 0 Å². The number of nitrogens with zero attached hydrogens (tertiary/aromatic N) is 3. The van der Waals surface area contributed by atoms with Crippen LogP contribution in [0.1, 0.15) is 41.7 Å². The molecule has 2 unspecified atom stereocenters. The summed E-state index contributed by atoms with van der Waals surface area (Å²) in [6, 6.07) is 27.6. The molecule has 0 bridgehead atoms. The Morgan fingerprint density at radius 2 is 1.47 bits per heavy atom. The summed E-state index contributed by atoms with van der Waals surface area (Å²) in [5.41, 5.74) is 2.03. The molecular formula is C35H37N5O3. The minimum Gasteiger partial charge on any atom is -0.344 e. The van der Waals surface area contributed by atoms with Crippen LogP contribution in [-0.4, -0.2) is 53.0 Å². The topological polar surface area (TPSA) is 100 Å². The van der Waals surface area contributed by atoms with E-state index >= 15 is 0 Å². The Labute approximate surface area is 251 Å². The number of hydrogen-bond acceptors (Lipinski definition) is 6. The van der Waals surface area contributed by atoms with Crippen molar-refractivity contribution < 1.29 is 14.1 Å². The fraction of sp³-hybridized carbons (Fsp3) is 0.314. The lowest BCUT2D eigenvalue weighted by Crippen LogP contribution is -2.52. The van der Waals surface area contributed by atoms with E-state index in [1.54, 1.807) is 18.9 Å². The number of aromatic nitrogens is 2. The van der Waals surface area contributed by atoms with Gasteiger partial charge in [-0.2, -0.15) is 4.98 Å². The van der Waals surface area contributed by atoms with Crippen LogP contribution >= 0.6 is 0 Å². The average Bonchev–Trinajstić information content (AvgIpc) is 3.48. The molecule has 5 aromatic rings. The zero-order chi connectivity index (χ0) is 29.8. The molecule has 1 aromatic heterocycles. The van der Waals surface area contributed by atoms with Crippen molar-refractivity contribution in [3.8, 4) is 0 Å². The van der Waals surface area contributed by atoms with Crippen LogP contribution < -0.4 is 10.6 Å². The summed E-state index contributed by atoms with van der Waals surface area (Å²) < 4.78 is 5.63. The van der Waals surface area contributed by atoms with Gasteiger partial charge in [-0.15, -0.1) is 0 Å². The van der Waals surface area contributed by atoms with E-state index in [0.717, 1.165) is 58.6 Å². The van der Waals surface area contributed by atoms with E-state index in [1.165, 1.54) is 0 Å². The number of fused-ring (bicyclic) bond motifs is 2. The SMILES string of the molecule is Cc1noc(C(Cc2ccc3ccccc3c2)N(C)C(=O)C(Cc2ccc3ccccc3c2)NC(=O)C2CCNCC2)n1. The Kier molecular flexibility index (Phi) is 8.47. The molecule has 1 saturated heterocycles. The highest BCUT2D eigenvalue weighted by Gasteiger charge is 2.34. The highest BCUT2D eigenvalue weighted by atomic mass is 16.5. The molecule has 6 rings (SSSR count). The molecule has 2 amide bonds. The number of hydrogen-bond donors (Lipinski definition) is 2. The van der Waals surface area contributed by atoms with Crippen LogP contribution in [0, 0.1) is 12.8 Å². The summed E-state index contributed by atoms with van der Waals surface area (Å²) in [5.74, 6) is 0.484. The molecule has 8 heteroatoms. The molecule has 8 nitrogen and oxygen atoms in total. The molecule has 43 heavy (non-hydrogen) atoms. The molecule has 1 aliphatic heterocycles. The van der Waals surface area contributed by atoms with E-state index in [0.29, 0.717) is 24.6 Å². The maximum absolute atomic E-state index is 14.4. The molecule has 1 aliphatic rings. The third kappa shape index (κ3) is 6.60. The molecule has 2 atom stereocenters. The van der Waals surface area contributed by atoms with Crippen LogP contribution in [0.3, 0.4) is 0 Å². The van der Waals surface area contributed by atoms with Gasteiger partial charge in [0.05, 0.1) is 0 Å². The second-order valence-electron chi connectivity index (χ2n) is 11.5. The second kappa shape index (κ2) is 12.8. The lowest BCUT2D eigenvalue weighted by Gasteiger charge is -2.31. The first-order chi connectivity index (χ1) is 20.9. The van der Waals surface area contributed by atoms with E-state index in [2.05, 4.69) is 75.4 Å². The van der Waals surface area contributed by atoms with Gasteiger partial charge in [-0.25, -0.2) is 0 Å². The number of nitrogens with one attached hydrogen (secondary N) is 2. The van der Waals surface area contributed by atoms with Crippen molar-refractivity contribution in [3.63, 3.8) is 0 Å². The van der Waals surface area contributed by atoms with Crippen molar-refractivity contribution in [3.05, 3.63) is 108 Å². The molecular weight excluding hydrogens is 538 g/mol. The van der Waals surface area contributed by atoms with Gasteiger partial charge in [0, 0.05) is 25.8 Å². The predicted molar refractivity (Wildman–Crippen MR) is 167 cm³/mol. The van der Waals surface area contributed by atoms with Gasteiger partial charge in [0.15, 0.2) is 5.82 Å². The minimum atomic E-state index is -0.753. The fourth-order valence-electron chi connectivity index (χ4n) is 6.00. The van der Waals surface area contributed by atoms with Crippen LogP contribution in [0.15, 0.2) is 89.5 Å². The Hall–Kier alpha value is -4.56. The molecule has 4 aromatic carbocycles. The van der Waals surface area contributed by atoms with Gasteiger partial charge < -0.3 is 20.1 Å². The summed E-state index contributed by atoms with van der Waals surface area (Å²) in [6.07, 6.45) is 2.37. The van der Waals surface area contributed by atoms with E-state index in [1.807, 2.05) is 30.3 Å². The number of rotatable bonds is 9. The quantitative estimate of drug-likeness (QED) is 0.252. The lowest BCUT2D eigenvalue weighted by molar-refractivity contribution is -0.138. The van der Waals surface area contributed by atoms with Gasteiger partial charge in [-0.05, 0) is 65.5 Å². The second-order valence-corrected chi connectivity index (χ2v) is 11.5. The number of piperidine rings is 1. The first kappa shape index (κ1) is 28.6. The van der Waals surface area contributed by atoms with Gasteiger partial charge in [-0.1, -0.05) is 90.1 Å². The van der Waals surface area contributed by atoms with Crippen LogP contribution in [-0.2, 0) is 22.4 Å². The van der Waals surface area contributed by atoms with Crippen molar-refractivity contribution in [1.82, 2.24) is 25.7 Å². The minimum absolute atomic E-state index is 0.0752. The normalized spacial score (nSPS) is 15.3. The first-order valence-corrected chi connectivity index (χ1v) is 15.0. The zero-order valence-corrected chi connectivity index (χ0v) is 24.6. The Morgan fingerprint density at radius 3 is 2.05 bits per heavy atom. The smallest absolute Gasteiger partial charge is 0.249 e. The molecule has 1 fully saturated rings. The maximum atomic E-state index is 14.4. The number of likely N-dealkylation sites (N-methyl/N-ethyl adjacent to an activating group) is 1. The van der Waals surface area contributed by atoms with Gasteiger partial charge in [-0.3, -0.25) is 9.59 Å². The van der Waals surface area contributed by atoms with E-state index in [-0.39, 0.29) is 17.7 Å². The van der Waals surface area contributed by atoms with Crippen LogP contribution in [0.2, 0.25) is 0 Å². The molecule has 0 spiro atoms. The highest BCUT2D eigenvalue weighted by molar-refractivity contribution is 5.89. The molecule has 2 N–H and O–H groups in total. The summed E-state index contributed by atoms with van der Waals surface area (Å²) in [4.78, 5) is 34.0. The number of aryl methyl sites for hydroxylation is 1. The molecule has 0 radical (unpaired) electrons. The van der Waals surface area contributed by atoms with Gasteiger partial charge in [0.2, 0.25) is 17.7 Å². The molecule has 220 valence electrons. The van der Waals surface area contributed by atoms with Crippen molar-refractivity contribution in [1.29, 1.82) is 0 Å². The number of benzene rings is 4. The number of carbonyl (C=O) groups is 2. The maximum Gasteiger partial charge on any atom is 0.249 e. The number of amides is 2. The van der Waals surface area contributed by atoms with Crippen molar-refractivity contribution in [2.75, 3.05) is 20.1 Å². The van der Waals surface area contributed by atoms with E-state index in [4.69, 9.17) is 4.52 Å². The third-order valence-electron chi connectivity index (χ3n) is 8.46. The van der Waals surface area contributed by atoms with Crippen molar-refractivity contribution in [2.24, 2.45) is 5.92 Å². The lowest BCUT2D eigenvalue weighted by atomic mass is 9.95. The van der Waals surface area contributed by atoms with Crippen LogP contribution in [0.5, 0.6) is 0 Å². The van der Waals surface area contributed by atoms with Gasteiger partial charge in [0.25, 0.3) is 0 Å². The van der Waals surface area contributed by atoms with Crippen LogP contribution in [0.25, 0.3) is 21.5 Å². The monoisotopic (exact) mass is 575 g/mol. The zero-order valence-electron chi connectivity index (χ0n) is 24.6. The summed E-state index contributed by atoms with van der Waals surface area (Å²) >= 11 is 0. The Morgan fingerprint density at radius 1 is 0.884 bits per heavy atom. The molecule has 0 aliphatic carbocycles. The van der Waals surface area contributed by atoms with Crippen molar-refractivity contribution in [2.45, 2.75) is 44.7 Å².